The molecule has 1 fully saturated rings. The number of anilines is 1. The van der Waals surface area contributed by atoms with Crippen LogP contribution in [-0.2, 0) is 0 Å². The average Bonchev–Trinajstić information content (AvgIpc) is 3.06. The van der Waals surface area contributed by atoms with Gasteiger partial charge in [-0.25, -0.2) is 14.2 Å². The van der Waals surface area contributed by atoms with Crippen molar-refractivity contribution < 1.29 is 13.9 Å². The van der Waals surface area contributed by atoms with Gasteiger partial charge in [-0.15, -0.1) is 0 Å². The van der Waals surface area contributed by atoms with Crippen LogP contribution in [0, 0.1) is 5.82 Å². The minimum absolute atomic E-state index is 0.0353. The van der Waals surface area contributed by atoms with Crippen LogP contribution in [0.4, 0.5) is 14.9 Å². The van der Waals surface area contributed by atoms with Crippen LogP contribution >= 0.6 is 11.3 Å². The fraction of sp³-hybridized carbons (Fsp3) is 0.263. The van der Waals surface area contributed by atoms with Crippen molar-refractivity contribution in [2.75, 3.05) is 18.4 Å². The van der Waals surface area contributed by atoms with Gasteiger partial charge in [0.15, 0.2) is 0 Å². The summed E-state index contributed by atoms with van der Waals surface area (Å²) in [5, 5.41) is 3.29. The van der Waals surface area contributed by atoms with E-state index in [0.717, 1.165) is 23.1 Å². The zero-order valence-corrected chi connectivity index (χ0v) is 14.8. The molecule has 1 aliphatic rings. The highest BCUT2D eigenvalue weighted by Crippen LogP contribution is 2.29. The molecule has 0 atom stereocenters. The van der Waals surface area contributed by atoms with Crippen molar-refractivity contribution in [3.05, 3.63) is 54.3 Å². The lowest BCUT2D eigenvalue weighted by Crippen LogP contribution is -2.43. The van der Waals surface area contributed by atoms with Crippen molar-refractivity contribution in [3.63, 3.8) is 0 Å². The number of fused-ring (bicyclic) bond motifs is 1. The molecular weight excluding hydrogens is 353 g/mol. The molecule has 0 bridgehead atoms. The number of nitrogens with one attached hydrogen (secondary N) is 1. The van der Waals surface area contributed by atoms with Crippen LogP contribution in [0.3, 0.4) is 0 Å². The van der Waals surface area contributed by atoms with Gasteiger partial charge in [0, 0.05) is 25.9 Å². The first-order valence-corrected chi connectivity index (χ1v) is 9.33. The van der Waals surface area contributed by atoms with E-state index in [0.29, 0.717) is 18.3 Å². The number of halogens is 1. The van der Waals surface area contributed by atoms with Gasteiger partial charge in [0.2, 0.25) is 0 Å². The quantitative estimate of drug-likeness (QED) is 0.737. The second kappa shape index (κ2) is 7.29. The number of hydrogen-bond acceptors (Lipinski definition) is 4. The standard InChI is InChI=1S/C19H18FN3O2S/c20-14-5-1-2-6-15(14)21-18(24)23-11-9-13(10-12-23)25-19-22-16-7-3-4-8-17(16)26-19/h1-8,13H,9-12H2,(H,21,24). The van der Waals surface area contributed by atoms with Gasteiger partial charge < -0.3 is 15.0 Å². The molecule has 0 radical (unpaired) electrons. The molecular formula is C19H18FN3O2S. The number of hydrogen-bond donors (Lipinski definition) is 1. The van der Waals surface area contributed by atoms with E-state index in [1.54, 1.807) is 23.1 Å². The third kappa shape index (κ3) is 3.62. The predicted octanol–water partition coefficient (Wildman–Crippen LogP) is 4.51. The van der Waals surface area contributed by atoms with Crippen LogP contribution in [0.1, 0.15) is 12.8 Å². The molecule has 0 unspecified atom stereocenters. The molecule has 2 aromatic carbocycles. The van der Waals surface area contributed by atoms with E-state index in [1.165, 1.54) is 17.4 Å². The van der Waals surface area contributed by atoms with Crippen molar-refractivity contribution in [1.29, 1.82) is 0 Å². The van der Waals surface area contributed by atoms with E-state index < -0.39 is 5.82 Å². The minimum atomic E-state index is -0.435. The van der Waals surface area contributed by atoms with E-state index in [1.807, 2.05) is 24.3 Å². The maximum Gasteiger partial charge on any atom is 0.321 e. The van der Waals surface area contributed by atoms with E-state index in [-0.39, 0.29) is 17.8 Å². The van der Waals surface area contributed by atoms with Gasteiger partial charge in [-0.1, -0.05) is 35.6 Å². The van der Waals surface area contributed by atoms with E-state index >= 15 is 0 Å². The molecule has 0 spiro atoms. The number of amides is 2. The van der Waals surface area contributed by atoms with Crippen LogP contribution in [0.2, 0.25) is 0 Å². The molecule has 134 valence electrons. The summed E-state index contributed by atoms with van der Waals surface area (Å²) in [6.07, 6.45) is 1.48. The lowest BCUT2D eigenvalue weighted by atomic mass is 10.1. The van der Waals surface area contributed by atoms with Gasteiger partial charge in [-0.05, 0) is 24.3 Å². The third-order valence-corrected chi connectivity index (χ3v) is 5.31. The van der Waals surface area contributed by atoms with Gasteiger partial charge in [0.1, 0.15) is 11.9 Å². The molecule has 7 heteroatoms. The Hall–Kier alpha value is -2.67. The third-order valence-electron chi connectivity index (χ3n) is 4.39. The van der Waals surface area contributed by atoms with Crippen molar-refractivity contribution in [2.24, 2.45) is 0 Å². The van der Waals surface area contributed by atoms with Gasteiger partial charge in [0.25, 0.3) is 5.19 Å². The molecule has 26 heavy (non-hydrogen) atoms. The second-order valence-corrected chi connectivity index (χ2v) is 7.15. The first-order chi connectivity index (χ1) is 12.7. The van der Waals surface area contributed by atoms with Crippen LogP contribution in [0.25, 0.3) is 10.2 Å². The monoisotopic (exact) mass is 371 g/mol. The molecule has 5 nitrogen and oxygen atoms in total. The number of rotatable bonds is 3. The zero-order valence-electron chi connectivity index (χ0n) is 14.0. The Morgan fingerprint density at radius 3 is 2.65 bits per heavy atom. The smallest absolute Gasteiger partial charge is 0.321 e. The number of nitrogens with zero attached hydrogens (tertiary/aromatic N) is 2. The Morgan fingerprint density at radius 1 is 1.15 bits per heavy atom. The number of likely N-dealkylation sites (tertiary alicyclic amines) is 1. The highest BCUT2D eigenvalue weighted by Gasteiger charge is 2.25. The summed E-state index contributed by atoms with van der Waals surface area (Å²) in [5.41, 5.74) is 1.14. The van der Waals surface area contributed by atoms with Crippen molar-refractivity contribution >= 4 is 33.3 Å². The molecule has 2 amide bonds. The summed E-state index contributed by atoms with van der Waals surface area (Å²) in [4.78, 5) is 18.5. The fourth-order valence-corrected chi connectivity index (χ4v) is 3.86. The molecule has 3 aromatic rings. The van der Waals surface area contributed by atoms with E-state index in [9.17, 15) is 9.18 Å². The fourth-order valence-electron chi connectivity index (χ4n) is 2.98. The number of para-hydroxylation sites is 2. The van der Waals surface area contributed by atoms with Gasteiger partial charge in [-0.2, -0.15) is 0 Å². The molecule has 1 N–H and O–H groups in total. The van der Waals surface area contributed by atoms with Crippen molar-refractivity contribution in [3.8, 4) is 5.19 Å². The summed E-state index contributed by atoms with van der Waals surface area (Å²) >= 11 is 1.53. The summed E-state index contributed by atoms with van der Waals surface area (Å²) in [5.74, 6) is -0.435. The SMILES string of the molecule is O=C(Nc1ccccc1F)N1CCC(Oc2nc3ccccc3s2)CC1. The lowest BCUT2D eigenvalue weighted by Gasteiger charge is -2.31. The van der Waals surface area contributed by atoms with Gasteiger partial charge >= 0.3 is 6.03 Å². The molecule has 1 aromatic heterocycles. The number of benzene rings is 2. The van der Waals surface area contributed by atoms with Gasteiger partial charge in [0.05, 0.1) is 15.9 Å². The van der Waals surface area contributed by atoms with E-state index in [4.69, 9.17) is 4.74 Å². The average molecular weight is 371 g/mol. The molecule has 4 rings (SSSR count). The molecule has 2 heterocycles. The Bertz CT molecular complexity index is 889. The zero-order chi connectivity index (χ0) is 17.9. The first kappa shape index (κ1) is 16.8. The molecule has 1 saturated heterocycles. The number of ether oxygens (including phenoxy) is 1. The molecule has 1 aliphatic heterocycles. The Labute approximate surface area is 154 Å². The summed E-state index contributed by atoms with van der Waals surface area (Å²) in [7, 11) is 0. The maximum absolute atomic E-state index is 13.7. The number of urea groups is 1. The van der Waals surface area contributed by atoms with Crippen LogP contribution in [-0.4, -0.2) is 35.1 Å². The largest absolute Gasteiger partial charge is 0.467 e. The minimum Gasteiger partial charge on any atom is -0.467 e. The topological polar surface area (TPSA) is 54.5 Å². The van der Waals surface area contributed by atoms with Gasteiger partial charge in [-0.3, -0.25) is 0 Å². The number of thiazole rings is 1. The Balaban J connectivity index is 1.32. The van der Waals surface area contributed by atoms with Crippen LogP contribution < -0.4 is 10.1 Å². The Kier molecular flexibility index (Phi) is 4.71. The molecule has 0 saturated carbocycles. The second-order valence-electron chi connectivity index (χ2n) is 6.16. The van der Waals surface area contributed by atoms with Crippen molar-refractivity contribution in [2.45, 2.75) is 18.9 Å². The Morgan fingerprint density at radius 2 is 1.88 bits per heavy atom. The predicted molar refractivity (Wildman–Crippen MR) is 100 cm³/mol. The summed E-state index contributed by atoms with van der Waals surface area (Å²) in [6, 6.07) is 13.8. The highest BCUT2D eigenvalue weighted by molar-refractivity contribution is 7.20. The number of carbonyl (C=O) groups excluding carboxylic acids is 1. The maximum atomic E-state index is 13.7. The van der Waals surface area contributed by atoms with Crippen LogP contribution in [0.5, 0.6) is 5.19 Å². The van der Waals surface area contributed by atoms with Crippen molar-refractivity contribution in [1.82, 2.24) is 9.88 Å². The normalized spacial score (nSPS) is 15.2. The lowest BCUT2D eigenvalue weighted by molar-refractivity contribution is 0.115. The van der Waals surface area contributed by atoms with Crippen LogP contribution in [0.15, 0.2) is 48.5 Å². The summed E-state index contributed by atoms with van der Waals surface area (Å²) < 4.78 is 20.7. The summed E-state index contributed by atoms with van der Waals surface area (Å²) in [6.45, 7) is 1.13. The number of piperidine rings is 1. The first-order valence-electron chi connectivity index (χ1n) is 8.52. The molecule has 0 aliphatic carbocycles. The number of carbonyl (C=O) groups is 1. The van der Waals surface area contributed by atoms with E-state index in [2.05, 4.69) is 10.3 Å². The number of aromatic nitrogens is 1. The highest BCUT2D eigenvalue weighted by atomic mass is 32.1.